The molecule has 28 heavy (non-hydrogen) atoms. The van der Waals surface area contributed by atoms with E-state index in [1.165, 1.54) is 0 Å². The van der Waals surface area contributed by atoms with Crippen molar-refractivity contribution in [2.75, 3.05) is 11.4 Å². The Morgan fingerprint density at radius 1 is 0.964 bits per heavy atom. The predicted molar refractivity (Wildman–Crippen MR) is 110 cm³/mol. The maximum Gasteiger partial charge on any atom is 0.415 e. The fourth-order valence-corrected chi connectivity index (χ4v) is 4.09. The first-order valence-electron chi connectivity index (χ1n) is 9.17. The molecule has 2 aliphatic rings. The second-order valence-corrected chi connectivity index (χ2v) is 7.31. The molecule has 0 N–H and O–H groups in total. The van der Waals surface area contributed by atoms with Gasteiger partial charge in [-0.25, -0.2) is 4.79 Å². The number of hydrogen-bond donors (Lipinski definition) is 0. The van der Waals surface area contributed by atoms with E-state index >= 15 is 0 Å². The largest absolute Gasteiger partial charge is 0.439 e. The molecule has 1 saturated heterocycles. The van der Waals surface area contributed by atoms with Crippen molar-refractivity contribution in [1.29, 1.82) is 0 Å². The fourth-order valence-electron chi connectivity index (χ4n) is 3.92. The van der Waals surface area contributed by atoms with Crippen LogP contribution in [0, 0.1) is 0 Å². The number of nitrogens with zero attached hydrogens (tertiary/aromatic N) is 2. The smallest absolute Gasteiger partial charge is 0.415 e. The van der Waals surface area contributed by atoms with Gasteiger partial charge < -0.3 is 4.74 Å². The number of fused-ring (bicyclic) bond motifs is 3. The minimum atomic E-state index is -0.365. The van der Waals surface area contributed by atoms with Crippen molar-refractivity contribution in [2.45, 2.75) is 12.1 Å². The Balaban J connectivity index is 1.67. The number of anilines is 1. The van der Waals surface area contributed by atoms with Crippen molar-refractivity contribution in [2.24, 2.45) is 4.99 Å². The second-order valence-electron chi connectivity index (χ2n) is 6.87. The average Bonchev–Trinajstić information content (AvgIpc) is 2.96. The Labute approximate surface area is 168 Å². The number of ether oxygens (including phenoxy) is 1. The maximum atomic E-state index is 12.9. The number of cyclic esters (lactones) is 1. The van der Waals surface area contributed by atoms with Crippen LogP contribution in [-0.2, 0) is 4.74 Å². The third-order valence-corrected chi connectivity index (χ3v) is 5.43. The molecule has 0 saturated carbocycles. The lowest BCUT2D eigenvalue weighted by Gasteiger charge is -2.23. The first-order valence-corrected chi connectivity index (χ1v) is 9.55. The van der Waals surface area contributed by atoms with Gasteiger partial charge in [0.1, 0.15) is 6.04 Å². The highest BCUT2D eigenvalue weighted by Gasteiger charge is 2.45. The van der Waals surface area contributed by atoms with E-state index in [0.29, 0.717) is 11.6 Å². The zero-order valence-corrected chi connectivity index (χ0v) is 15.7. The van der Waals surface area contributed by atoms with Crippen molar-refractivity contribution in [3.8, 4) is 0 Å². The van der Waals surface area contributed by atoms with Gasteiger partial charge in [0.05, 0.1) is 17.9 Å². The van der Waals surface area contributed by atoms with Crippen LogP contribution in [0.1, 0.15) is 22.8 Å². The zero-order valence-electron chi connectivity index (χ0n) is 15.0. The molecule has 5 rings (SSSR count). The fraction of sp³-hybridized carbons (Fsp3) is 0.130. The van der Waals surface area contributed by atoms with Gasteiger partial charge in [-0.2, -0.15) is 0 Å². The highest BCUT2D eigenvalue weighted by atomic mass is 35.5. The number of benzene rings is 3. The lowest BCUT2D eigenvalue weighted by atomic mass is 9.99. The molecule has 3 aromatic rings. The molecule has 2 heterocycles. The molecule has 0 bridgehead atoms. The van der Waals surface area contributed by atoms with Crippen LogP contribution in [0.25, 0.3) is 0 Å². The molecule has 0 aliphatic carbocycles. The summed E-state index contributed by atoms with van der Waals surface area (Å²) in [4.78, 5) is 19.5. The minimum absolute atomic E-state index is 0.212. The summed E-state index contributed by atoms with van der Waals surface area (Å²) in [5.41, 5.74) is 4.42. The summed E-state index contributed by atoms with van der Waals surface area (Å²) in [5, 5.41) is 0.605. The Hall–Kier alpha value is -3.11. The Kier molecular flexibility index (Phi) is 4.14. The van der Waals surface area contributed by atoms with Crippen LogP contribution >= 0.6 is 11.6 Å². The van der Waals surface area contributed by atoms with Crippen molar-refractivity contribution in [1.82, 2.24) is 0 Å². The van der Waals surface area contributed by atoms with E-state index in [-0.39, 0.29) is 18.2 Å². The van der Waals surface area contributed by atoms with Gasteiger partial charge in [0.2, 0.25) is 0 Å². The lowest BCUT2D eigenvalue weighted by molar-refractivity contribution is 0.133. The van der Waals surface area contributed by atoms with Crippen LogP contribution in [0.4, 0.5) is 10.5 Å². The molecule has 4 nitrogen and oxygen atoms in total. The molecular formula is C23H17ClN2O2. The van der Waals surface area contributed by atoms with Gasteiger partial charge in [0, 0.05) is 16.1 Å². The number of halogens is 1. The first-order chi connectivity index (χ1) is 13.7. The third-order valence-electron chi connectivity index (χ3n) is 5.19. The van der Waals surface area contributed by atoms with Gasteiger partial charge >= 0.3 is 6.09 Å². The van der Waals surface area contributed by atoms with E-state index < -0.39 is 0 Å². The minimum Gasteiger partial charge on any atom is -0.439 e. The van der Waals surface area contributed by atoms with E-state index in [2.05, 4.69) is 0 Å². The van der Waals surface area contributed by atoms with Gasteiger partial charge in [-0.1, -0.05) is 72.3 Å². The van der Waals surface area contributed by atoms with Crippen LogP contribution in [0.15, 0.2) is 83.9 Å². The summed E-state index contributed by atoms with van der Waals surface area (Å²) in [6.45, 7) is 0.446. The Morgan fingerprint density at radius 2 is 1.68 bits per heavy atom. The number of amides is 1. The normalized spacial score (nSPS) is 20.7. The molecule has 1 fully saturated rings. The van der Waals surface area contributed by atoms with Gasteiger partial charge in [-0.3, -0.25) is 9.89 Å². The molecule has 138 valence electrons. The maximum absolute atomic E-state index is 12.9. The molecule has 0 aromatic heterocycles. The third kappa shape index (κ3) is 2.77. The van der Waals surface area contributed by atoms with Crippen molar-refractivity contribution >= 4 is 29.1 Å². The van der Waals surface area contributed by atoms with E-state index in [1.54, 1.807) is 11.0 Å². The highest BCUT2D eigenvalue weighted by Crippen LogP contribution is 2.40. The summed E-state index contributed by atoms with van der Waals surface area (Å²) in [6, 6.07) is 25.1. The van der Waals surface area contributed by atoms with E-state index in [9.17, 15) is 4.79 Å². The summed E-state index contributed by atoms with van der Waals surface area (Å²) < 4.78 is 5.76. The van der Waals surface area contributed by atoms with Crippen molar-refractivity contribution in [3.63, 3.8) is 0 Å². The van der Waals surface area contributed by atoms with Crippen LogP contribution in [0.2, 0.25) is 5.02 Å². The van der Waals surface area contributed by atoms with Crippen molar-refractivity contribution in [3.05, 3.63) is 101 Å². The SMILES string of the molecule is O=C1O[C@@H](c2ccccc2)[C@H]2CN=C(c3ccccc3)c3cc(Cl)ccc3N12. The average molecular weight is 389 g/mol. The summed E-state index contributed by atoms with van der Waals surface area (Å²) in [6.07, 6.45) is -0.719. The molecule has 5 heteroatoms. The monoisotopic (exact) mass is 388 g/mol. The highest BCUT2D eigenvalue weighted by molar-refractivity contribution is 6.31. The number of carbonyl (C=O) groups is 1. The van der Waals surface area contributed by atoms with Gasteiger partial charge in [0.15, 0.2) is 6.10 Å². The van der Waals surface area contributed by atoms with Gasteiger partial charge in [-0.05, 0) is 23.8 Å². The topological polar surface area (TPSA) is 41.9 Å². The first kappa shape index (κ1) is 17.0. The van der Waals surface area contributed by atoms with E-state index in [4.69, 9.17) is 21.3 Å². The van der Waals surface area contributed by atoms with Gasteiger partial charge in [0.25, 0.3) is 0 Å². The molecule has 0 spiro atoms. The molecule has 1 amide bonds. The number of rotatable bonds is 2. The van der Waals surface area contributed by atoms with Crippen LogP contribution in [-0.4, -0.2) is 24.4 Å². The van der Waals surface area contributed by atoms with Crippen molar-refractivity contribution < 1.29 is 9.53 Å². The van der Waals surface area contributed by atoms with E-state index in [1.807, 2.05) is 72.8 Å². The molecule has 3 aromatic carbocycles. The standard InChI is InChI=1S/C23H17ClN2O2/c24-17-11-12-19-18(13-17)21(15-7-3-1-4-8-15)25-14-20-22(28-23(27)26(19)20)16-9-5-2-6-10-16/h1-13,20,22H,14H2/t20-,22+/m1/s1. The number of hydrogen-bond acceptors (Lipinski definition) is 3. The van der Waals surface area contributed by atoms with Gasteiger partial charge in [-0.15, -0.1) is 0 Å². The van der Waals surface area contributed by atoms with E-state index in [0.717, 1.165) is 28.1 Å². The lowest BCUT2D eigenvalue weighted by Crippen LogP contribution is -2.36. The van der Waals surface area contributed by atoms with Crippen LogP contribution < -0.4 is 4.90 Å². The number of carbonyl (C=O) groups excluding carboxylic acids is 1. The quantitative estimate of drug-likeness (QED) is 0.601. The predicted octanol–water partition coefficient (Wildman–Crippen LogP) is 5.26. The summed E-state index contributed by atoms with van der Waals surface area (Å²) >= 11 is 6.30. The Morgan fingerprint density at radius 3 is 2.43 bits per heavy atom. The molecule has 0 unspecified atom stereocenters. The molecule has 0 radical (unpaired) electrons. The second kappa shape index (κ2) is 6.80. The van der Waals surface area contributed by atoms with Crippen LogP contribution in [0.5, 0.6) is 0 Å². The molecular weight excluding hydrogens is 372 g/mol. The molecule has 2 aliphatic heterocycles. The Bertz CT molecular complexity index is 1070. The summed E-state index contributed by atoms with van der Waals surface area (Å²) in [7, 11) is 0. The number of aliphatic imine (C=N–C) groups is 1. The summed E-state index contributed by atoms with van der Waals surface area (Å²) in [5.74, 6) is 0. The molecule has 2 atom stereocenters. The zero-order chi connectivity index (χ0) is 19.1. The van der Waals surface area contributed by atoms with Crippen LogP contribution in [0.3, 0.4) is 0 Å².